The smallest absolute Gasteiger partial charge is 0.357 e. The predicted molar refractivity (Wildman–Crippen MR) is 63.5 cm³/mol. The Morgan fingerprint density at radius 3 is 2.56 bits per heavy atom. The Morgan fingerprint density at radius 1 is 1.44 bits per heavy atom. The first-order valence-electron chi connectivity index (χ1n) is 5.53. The second-order valence-electron chi connectivity index (χ2n) is 4.81. The van der Waals surface area contributed by atoms with E-state index in [1.54, 1.807) is 6.20 Å². The van der Waals surface area contributed by atoms with E-state index in [1.165, 1.54) is 0 Å². The molecule has 0 radical (unpaired) electrons. The van der Waals surface area contributed by atoms with Crippen LogP contribution >= 0.6 is 0 Å². The third-order valence-electron chi connectivity index (χ3n) is 2.24. The first-order valence-corrected chi connectivity index (χ1v) is 5.53. The fraction of sp³-hybridized carbons (Fsp3) is 0.538. The molecular formula is C13H19NO2. The average molecular weight is 221 g/mol. The molecule has 0 spiro atoms. The van der Waals surface area contributed by atoms with E-state index in [1.807, 2.05) is 40.7 Å². The maximum absolute atomic E-state index is 11.9. The van der Waals surface area contributed by atoms with Crippen molar-refractivity contribution in [3.8, 4) is 0 Å². The predicted octanol–water partition coefficient (Wildman–Crippen LogP) is 2.91. The van der Waals surface area contributed by atoms with E-state index >= 15 is 0 Å². The number of carbonyl (C=O) groups excluding carboxylic acids is 1. The lowest BCUT2D eigenvalue weighted by Gasteiger charge is -2.20. The van der Waals surface area contributed by atoms with Crippen LogP contribution in [0.2, 0.25) is 0 Å². The molecule has 0 bridgehead atoms. The van der Waals surface area contributed by atoms with Crippen LogP contribution in [0.5, 0.6) is 0 Å². The van der Waals surface area contributed by atoms with Gasteiger partial charge in [0.2, 0.25) is 0 Å². The molecule has 0 amide bonds. The van der Waals surface area contributed by atoms with Gasteiger partial charge in [-0.3, -0.25) is 0 Å². The van der Waals surface area contributed by atoms with E-state index in [0.717, 1.165) is 17.5 Å². The van der Waals surface area contributed by atoms with Crippen molar-refractivity contribution in [3.05, 3.63) is 29.1 Å². The van der Waals surface area contributed by atoms with Gasteiger partial charge in [-0.2, -0.15) is 0 Å². The fourth-order valence-corrected chi connectivity index (χ4v) is 1.54. The highest BCUT2D eigenvalue weighted by molar-refractivity contribution is 5.89. The number of pyridine rings is 1. The molecule has 0 saturated carbocycles. The molecule has 0 aliphatic carbocycles. The zero-order chi connectivity index (χ0) is 12.3. The van der Waals surface area contributed by atoms with Gasteiger partial charge < -0.3 is 4.74 Å². The molecule has 0 unspecified atom stereocenters. The largest absolute Gasteiger partial charge is 0.455 e. The molecule has 3 heteroatoms. The Morgan fingerprint density at radius 2 is 2.06 bits per heavy atom. The summed E-state index contributed by atoms with van der Waals surface area (Å²) in [5.74, 6) is -0.340. The summed E-state index contributed by atoms with van der Waals surface area (Å²) in [4.78, 5) is 16.0. The number of esters is 1. The molecule has 0 aliphatic rings. The number of hydrogen-bond acceptors (Lipinski definition) is 3. The molecule has 1 aromatic heterocycles. The van der Waals surface area contributed by atoms with Crippen molar-refractivity contribution >= 4 is 5.97 Å². The molecular weight excluding hydrogens is 202 g/mol. The Kier molecular flexibility index (Phi) is 3.68. The Bertz CT molecular complexity index is 391. The molecule has 0 atom stereocenters. The molecule has 1 rings (SSSR count). The lowest BCUT2D eigenvalue weighted by molar-refractivity contribution is 0.00614. The van der Waals surface area contributed by atoms with E-state index < -0.39 is 5.60 Å². The number of carbonyl (C=O) groups is 1. The Hall–Kier alpha value is -1.38. The minimum atomic E-state index is -0.479. The van der Waals surface area contributed by atoms with Gasteiger partial charge in [-0.15, -0.1) is 0 Å². The van der Waals surface area contributed by atoms with Crippen LogP contribution in [-0.2, 0) is 11.2 Å². The van der Waals surface area contributed by atoms with Crippen molar-refractivity contribution in [3.63, 3.8) is 0 Å². The summed E-state index contributed by atoms with van der Waals surface area (Å²) in [6.07, 6.45) is 2.43. The topological polar surface area (TPSA) is 39.2 Å². The van der Waals surface area contributed by atoms with Gasteiger partial charge in [-0.1, -0.05) is 6.92 Å². The van der Waals surface area contributed by atoms with E-state index in [4.69, 9.17) is 4.74 Å². The van der Waals surface area contributed by atoms with Crippen molar-refractivity contribution in [2.24, 2.45) is 0 Å². The molecule has 3 nitrogen and oxygen atoms in total. The number of nitrogens with zero attached hydrogens (tertiary/aromatic N) is 1. The lowest BCUT2D eigenvalue weighted by atomic mass is 10.1. The molecule has 0 aliphatic heterocycles. The van der Waals surface area contributed by atoms with E-state index in [0.29, 0.717) is 5.69 Å². The highest BCUT2D eigenvalue weighted by Crippen LogP contribution is 2.16. The molecule has 0 saturated heterocycles. The van der Waals surface area contributed by atoms with Gasteiger partial charge in [-0.25, -0.2) is 9.78 Å². The van der Waals surface area contributed by atoms with Crippen LogP contribution < -0.4 is 0 Å². The monoisotopic (exact) mass is 221 g/mol. The number of ether oxygens (including phenoxy) is 1. The van der Waals surface area contributed by atoms with Crippen molar-refractivity contribution in [2.75, 3.05) is 0 Å². The number of aromatic nitrogens is 1. The first-order chi connectivity index (χ1) is 7.35. The van der Waals surface area contributed by atoms with Gasteiger partial charge in [0.05, 0.1) is 0 Å². The van der Waals surface area contributed by atoms with Gasteiger partial charge >= 0.3 is 5.97 Å². The summed E-state index contributed by atoms with van der Waals surface area (Å²) in [5.41, 5.74) is 2.01. The maximum Gasteiger partial charge on any atom is 0.357 e. The summed E-state index contributed by atoms with van der Waals surface area (Å²) < 4.78 is 5.32. The van der Waals surface area contributed by atoms with Crippen molar-refractivity contribution < 1.29 is 9.53 Å². The molecule has 88 valence electrons. The van der Waals surface area contributed by atoms with Crippen molar-refractivity contribution in [2.45, 2.75) is 46.6 Å². The van der Waals surface area contributed by atoms with Crippen LogP contribution in [0.4, 0.5) is 0 Å². The number of aryl methyl sites for hydroxylation is 1. The summed E-state index contributed by atoms with van der Waals surface area (Å²) in [6, 6.07) is 1.91. The van der Waals surface area contributed by atoms with Gasteiger partial charge in [0.25, 0.3) is 0 Å². The summed E-state index contributed by atoms with van der Waals surface area (Å²) in [7, 11) is 0. The van der Waals surface area contributed by atoms with Gasteiger partial charge in [0, 0.05) is 6.20 Å². The van der Waals surface area contributed by atoms with Gasteiger partial charge in [-0.05, 0) is 51.3 Å². The standard InChI is InChI=1S/C13H19NO2/c1-6-10-9(2)7-8-14-11(10)12(15)16-13(3,4)5/h7-8H,6H2,1-5H3. The van der Waals surface area contributed by atoms with Crippen molar-refractivity contribution in [1.29, 1.82) is 0 Å². The number of hydrogen-bond donors (Lipinski definition) is 0. The quantitative estimate of drug-likeness (QED) is 0.721. The second kappa shape index (κ2) is 4.64. The molecule has 0 N–H and O–H groups in total. The van der Waals surface area contributed by atoms with E-state index in [2.05, 4.69) is 4.98 Å². The normalized spacial score (nSPS) is 11.3. The van der Waals surface area contributed by atoms with Crippen LogP contribution in [0.1, 0.15) is 49.3 Å². The van der Waals surface area contributed by atoms with Crippen LogP contribution in [-0.4, -0.2) is 16.6 Å². The van der Waals surface area contributed by atoms with E-state index in [-0.39, 0.29) is 5.97 Å². The average Bonchev–Trinajstić information content (AvgIpc) is 2.14. The third-order valence-corrected chi connectivity index (χ3v) is 2.24. The Balaban J connectivity index is 3.04. The summed E-state index contributed by atoms with van der Waals surface area (Å²) >= 11 is 0. The number of rotatable bonds is 2. The summed E-state index contributed by atoms with van der Waals surface area (Å²) in [6.45, 7) is 9.55. The highest BCUT2D eigenvalue weighted by atomic mass is 16.6. The zero-order valence-corrected chi connectivity index (χ0v) is 10.6. The van der Waals surface area contributed by atoms with Crippen LogP contribution in [0, 0.1) is 6.92 Å². The SMILES string of the molecule is CCc1c(C)ccnc1C(=O)OC(C)(C)C. The van der Waals surface area contributed by atoms with Gasteiger partial charge in [0.15, 0.2) is 5.69 Å². The van der Waals surface area contributed by atoms with Crippen LogP contribution in [0.3, 0.4) is 0 Å². The highest BCUT2D eigenvalue weighted by Gasteiger charge is 2.21. The fourth-order valence-electron chi connectivity index (χ4n) is 1.54. The van der Waals surface area contributed by atoms with Crippen molar-refractivity contribution in [1.82, 2.24) is 4.98 Å². The first kappa shape index (κ1) is 12.7. The third kappa shape index (κ3) is 3.05. The minimum absolute atomic E-state index is 0.340. The maximum atomic E-state index is 11.9. The molecule has 0 fully saturated rings. The Labute approximate surface area is 96.8 Å². The van der Waals surface area contributed by atoms with Gasteiger partial charge in [0.1, 0.15) is 5.60 Å². The van der Waals surface area contributed by atoms with Crippen LogP contribution in [0.15, 0.2) is 12.3 Å². The molecule has 0 aromatic carbocycles. The zero-order valence-electron chi connectivity index (χ0n) is 10.6. The van der Waals surface area contributed by atoms with Crippen LogP contribution in [0.25, 0.3) is 0 Å². The summed E-state index contributed by atoms with van der Waals surface area (Å²) in [5, 5.41) is 0. The molecule has 16 heavy (non-hydrogen) atoms. The molecule has 1 aromatic rings. The molecule has 1 heterocycles. The minimum Gasteiger partial charge on any atom is -0.455 e. The second-order valence-corrected chi connectivity index (χ2v) is 4.81. The lowest BCUT2D eigenvalue weighted by Crippen LogP contribution is -2.25. The van der Waals surface area contributed by atoms with E-state index in [9.17, 15) is 4.79 Å².